The first kappa shape index (κ1) is 24.5. The summed E-state index contributed by atoms with van der Waals surface area (Å²) in [6.45, 7) is 12.7. The molecule has 35 heavy (non-hydrogen) atoms. The Bertz CT molecular complexity index is 1070. The molecule has 0 aromatic rings. The van der Waals surface area contributed by atoms with Crippen LogP contribution in [0.15, 0.2) is 46.6 Å². The van der Waals surface area contributed by atoms with Gasteiger partial charge < -0.3 is 14.6 Å². The zero-order chi connectivity index (χ0) is 25.3. The van der Waals surface area contributed by atoms with Crippen LogP contribution in [0, 0.1) is 28.6 Å². The molecule has 2 aliphatic heterocycles. The Morgan fingerprint density at radius 2 is 1.86 bits per heavy atom. The summed E-state index contributed by atoms with van der Waals surface area (Å²) in [6, 6.07) is 0. The van der Waals surface area contributed by atoms with Crippen LogP contribution in [0.3, 0.4) is 0 Å². The summed E-state index contributed by atoms with van der Waals surface area (Å²) in [5.41, 5.74) is 3.55. The summed E-state index contributed by atoms with van der Waals surface area (Å²) in [5, 5.41) is 11.7. The fourth-order valence-electron chi connectivity index (χ4n) is 8.18. The fraction of sp³-hybridized carbons (Fsp3) is 0.667. The summed E-state index contributed by atoms with van der Waals surface area (Å²) in [7, 11) is 0. The molecule has 5 nitrogen and oxygen atoms in total. The van der Waals surface area contributed by atoms with Crippen molar-refractivity contribution in [1.82, 2.24) is 0 Å². The average molecular weight is 481 g/mol. The SMILES string of the molecule is CC1=CC[C@@H]([C@@H](C)[C@H]2C[C@@H](O)[C@@]3(C)C4=C(C=C5C=CC(=O)OC(C)(C)[C@@H]5CC4)CC[C@]23C)OC1=O. The second kappa shape index (κ2) is 8.19. The van der Waals surface area contributed by atoms with Gasteiger partial charge in [0.2, 0.25) is 0 Å². The number of esters is 2. The maximum Gasteiger partial charge on any atom is 0.333 e. The third kappa shape index (κ3) is 3.60. The predicted molar refractivity (Wildman–Crippen MR) is 134 cm³/mol. The Hall–Kier alpha value is -2.14. The number of ether oxygens (including phenoxy) is 2. The molecule has 0 bridgehead atoms. The fourth-order valence-corrected chi connectivity index (χ4v) is 8.18. The van der Waals surface area contributed by atoms with E-state index in [-0.39, 0.29) is 46.6 Å². The number of aliphatic hydroxyl groups is 1. The highest BCUT2D eigenvalue weighted by Crippen LogP contribution is 2.68. The minimum atomic E-state index is -0.576. The first-order chi connectivity index (χ1) is 16.4. The van der Waals surface area contributed by atoms with Gasteiger partial charge in [-0.2, -0.15) is 0 Å². The van der Waals surface area contributed by atoms with Crippen LogP contribution in [0.4, 0.5) is 0 Å². The van der Waals surface area contributed by atoms with Crippen molar-refractivity contribution in [3.63, 3.8) is 0 Å². The van der Waals surface area contributed by atoms with Gasteiger partial charge in [0.05, 0.1) is 6.10 Å². The van der Waals surface area contributed by atoms with E-state index in [9.17, 15) is 14.7 Å². The Morgan fingerprint density at radius 1 is 1.11 bits per heavy atom. The lowest BCUT2D eigenvalue weighted by Crippen LogP contribution is -2.48. The lowest BCUT2D eigenvalue weighted by Gasteiger charge is -2.53. The molecular formula is C30H40O5. The summed E-state index contributed by atoms with van der Waals surface area (Å²) >= 11 is 0. The van der Waals surface area contributed by atoms with Crippen LogP contribution in [-0.2, 0) is 19.1 Å². The van der Waals surface area contributed by atoms with E-state index >= 15 is 0 Å². The number of carbonyl (C=O) groups is 2. The third-order valence-corrected chi connectivity index (χ3v) is 10.6. The van der Waals surface area contributed by atoms with Gasteiger partial charge >= 0.3 is 11.9 Å². The van der Waals surface area contributed by atoms with Crippen LogP contribution in [0.5, 0.6) is 0 Å². The zero-order valence-electron chi connectivity index (χ0n) is 22.0. The summed E-state index contributed by atoms with van der Waals surface area (Å²) in [4.78, 5) is 24.4. The predicted octanol–water partition coefficient (Wildman–Crippen LogP) is 5.60. The molecule has 2 heterocycles. The molecule has 1 fully saturated rings. The number of cyclic esters (lactones) is 2. The normalized spacial score (nSPS) is 41.3. The van der Waals surface area contributed by atoms with Crippen LogP contribution in [0.1, 0.15) is 80.1 Å². The number of hydrogen-bond donors (Lipinski definition) is 1. The largest absolute Gasteiger partial charge is 0.458 e. The Kier molecular flexibility index (Phi) is 5.75. The van der Waals surface area contributed by atoms with Gasteiger partial charge in [-0.1, -0.05) is 44.6 Å². The van der Waals surface area contributed by atoms with Gasteiger partial charge in [-0.25, -0.2) is 9.59 Å². The molecule has 0 radical (unpaired) electrons. The average Bonchev–Trinajstić information content (AvgIpc) is 2.93. The lowest BCUT2D eigenvalue weighted by molar-refractivity contribution is -0.153. The molecule has 0 amide bonds. The summed E-state index contributed by atoms with van der Waals surface area (Å²) < 4.78 is 11.6. The molecule has 0 unspecified atom stereocenters. The van der Waals surface area contributed by atoms with Crippen LogP contribution < -0.4 is 0 Å². The molecule has 5 rings (SSSR count). The second-order valence-corrected chi connectivity index (χ2v) is 12.5. The summed E-state index contributed by atoms with van der Waals surface area (Å²) in [6.07, 6.45) is 12.4. The monoisotopic (exact) mass is 480 g/mol. The minimum absolute atomic E-state index is 0.0873. The van der Waals surface area contributed by atoms with Gasteiger partial charge in [0, 0.05) is 29.4 Å². The zero-order valence-corrected chi connectivity index (χ0v) is 22.0. The van der Waals surface area contributed by atoms with Crippen molar-refractivity contribution in [3.8, 4) is 0 Å². The maximum absolute atomic E-state index is 12.3. The topological polar surface area (TPSA) is 72.8 Å². The Labute approximate surface area is 209 Å². The smallest absolute Gasteiger partial charge is 0.333 e. The third-order valence-electron chi connectivity index (χ3n) is 10.6. The van der Waals surface area contributed by atoms with Crippen molar-refractivity contribution in [2.24, 2.45) is 28.6 Å². The molecule has 7 atom stereocenters. The molecule has 0 saturated heterocycles. The van der Waals surface area contributed by atoms with E-state index in [1.807, 2.05) is 32.9 Å². The quantitative estimate of drug-likeness (QED) is 0.521. The van der Waals surface area contributed by atoms with E-state index in [4.69, 9.17) is 9.47 Å². The van der Waals surface area contributed by atoms with E-state index < -0.39 is 11.7 Å². The lowest BCUT2D eigenvalue weighted by atomic mass is 9.52. The standard InChI is InChI=1S/C30H40O5/c1-17-7-11-24(34-27(17)33)18(2)23-16-25(31)30(6)22-10-9-21-19(8-12-26(32)35-28(21,3)4)15-20(22)13-14-29(23,30)5/h7-8,12,15,18,21,23-25,31H,9-11,13-14,16H2,1-6H3/t18-,21+,23+,24-,25+,29+,30+/m0/s1. The number of hydrogen-bond acceptors (Lipinski definition) is 5. The molecule has 0 aromatic carbocycles. The van der Waals surface area contributed by atoms with E-state index in [0.29, 0.717) is 5.57 Å². The number of aliphatic hydroxyl groups excluding tert-OH is 1. The minimum Gasteiger partial charge on any atom is -0.458 e. The first-order valence-corrected chi connectivity index (χ1v) is 13.3. The van der Waals surface area contributed by atoms with E-state index in [2.05, 4.69) is 26.8 Å². The Morgan fingerprint density at radius 3 is 2.57 bits per heavy atom. The van der Waals surface area contributed by atoms with E-state index in [1.54, 1.807) is 6.08 Å². The highest BCUT2D eigenvalue weighted by molar-refractivity contribution is 5.88. The first-order valence-electron chi connectivity index (χ1n) is 13.3. The number of carbonyl (C=O) groups excluding carboxylic acids is 2. The molecule has 1 N–H and O–H groups in total. The van der Waals surface area contributed by atoms with E-state index in [0.717, 1.165) is 44.1 Å². The van der Waals surface area contributed by atoms with Gasteiger partial charge in [0.15, 0.2) is 0 Å². The second-order valence-electron chi connectivity index (χ2n) is 12.5. The van der Waals surface area contributed by atoms with Crippen LogP contribution >= 0.6 is 0 Å². The number of fused-ring (bicyclic) bond motifs is 3. The van der Waals surface area contributed by atoms with Crippen LogP contribution in [-0.4, -0.2) is 34.9 Å². The molecule has 1 saturated carbocycles. The van der Waals surface area contributed by atoms with Crippen molar-refractivity contribution in [2.75, 3.05) is 0 Å². The van der Waals surface area contributed by atoms with Gasteiger partial charge in [0.25, 0.3) is 0 Å². The van der Waals surface area contributed by atoms with Crippen molar-refractivity contribution in [1.29, 1.82) is 0 Å². The molecule has 0 aromatic heterocycles. The highest BCUT2D eigenvalue weighted by atomic mass is 16.6. The van der Waals surface area contributed by atoms with Gasteiger partial charge in [-0.05, 0) is 81.3 Å². The van der Waals surface area contributed by atoms with Gasteiger partial charge in [-0.15, -0.1) is 0 Å². The van der Waals surface area contributed by atoms with Gasteiger partial charge in [0.1, 0.15) is 11.7 Å². The highest BCUT2D eigenvalue weighted by Gasteiger charge is 2.64. The molecule has 5 heteroatoms. The summed E-state index contributed by atoms with van der Waals surface area (Å²) in [5.74, 6) is 0.0650. The molecule has 190 valence electrons. The van der Waals surface area contributed by atoms with Crippen molar-refractivity contribution in [3.05, 3.63) is 46.6 Å². The Balaban J connectivity index is 1.50. The van der Waals surface area contributed by atoms with Crippen LogP contribution in [0.2, 0.25) is 0 Å². The number of allylic oxidation sites excluding steroid dienone is 3. The maximum atomic E-state index is 12.3. The molecule has 0 spiro atoms. The van der Waals surface area contributed by atoms with Crippen molar-refractivity contribution >= 4 is 11.9 Å². The van der Waals surface area contributed by atoms with Crippen molar-refractivity contribution in [2.45, 2.75) is 97.9 Å². The van der Waals surface area contributed by atoms with E-state index in [1.165, 1.54) is 11.1 Å². The number of rotatable bonds is 2. The van der Waals surface area contributed by atoms with Crippen molar-refractivity contribution < 1.29 is 24.2 Å². The van der Waals surface area contributed by atoms with Gasteiger partial charge in [-0.3, -0.25) is 0 Å². The van der Waals surface area contributed by atoms with Crippen LogP contribution in [0.25, 0.3) is 0 Å². The molecule has 5 aliphatic rings. The molecular weight excluding hydrogens is 440 g/mol. The molecule has 3 aliphatic carbocycles.